The van der Waals surface area contributed by atoms with Crippen LogP contribution in [0.15, 0.2) is 53.1 Å². The Kier molecular flexibility index (Phi) is 6.44. The third-order valence-electron chi connectivity index (χ3n) is 3.65. The van der Waals surface area contributed by atoms with Crippen LogP contribution in [-0.4, -0.2) is 28.8 Å². The van der Waals surface area contributed by atoms with Crippen molar-refractivity contribution < 1.29 is 9.53 Å². The Morgan fingerprint density at radius 3 is 2.93 bits per heavy atom. The molecule has 0 fully saturated rings. The van der Waals surface area contributed by atoms with Crippen molar-refractivity contribution in [3.8, 4) is 17.3 Å². The Morgan fingerprint density at radius 1 is 1.36 bits per heavy atom. The quantitative estimate of drug-likeness (QED) is 0.375. The van der Waals surface area contributed by atoms with Gasteiger partial charge in [-0.05, 0) is 24.6 Å². The number of thiazole rings is 1. The molecule has 0 saturated heterocycles. The van der Waals surface area contributed by atoms with Gasteiger partial charge in [-0.3, -0.25) is 15.2 Å². The van der Waals surface area contributed by atoms with Crippen LogP contribution < -0.4 is 5.43 Å². The molecule has 2 heterocycles. The number of aromatic nitrogens is 2. The molecule has 8 heteroatoms. The zero-order valence-corrected chi connectivity index (χ0v) is 15.9. The summed E-state index contributed by atoms with van der Waals surface area (Å²) in [7, 11) is 0. The average molecular weight is 391 g/mol. The summed E-state index contributed by atoms with van der Waals surface area (Å²) in [6.07, 6.45) is 3.45. The first-order chi connectivity index (χ1) is 13.7. The smallest absolute Gasteiger partial charge is 0.311 e. The van der Waals surface area contributed by atoms with Gasteiger partial charge in [-0.25, -0.2) is 4.98 Å². The van der Waals surface area contributed by atoms with Crippen LogP contribution in [0, 0.1) is 11.3 Å². The number of hydrogen-bond donors (Lipinski definition) is 1. The maximum absolute atomic E-state index is 11.5. The van der Waals surface area contributed by atoms with E-state index in [1.54, 1.807) is 36.8 Å². The first-order valence-electron chi connectivity index (χ1n) is 8.53. The van der Waals surface area contributed by atoms with Gasteiger partial charge in [0.05, 0.1) is 42.3 Å². The third kappa shape index (κ3) is 5.22. The summed E-state index contributed by atoms with van der Waals surface area (Å²) in [5.74, 6) is -0.294. The molecule has 0 atom stereocenters. The number of carbonyl (C=O) groups is 1. The number of pyridine rings is 1. The van der Waals surface area contributed by atoms with E-state index in [0.29, 0.717) is 23.0 Å². The molecule has 0 aliphatic rings. The zero-order valence-electron chi connectivity index (χ0n) is 15.1. The molecule has 3 rings (SSSR count). The summed E-state index contributed by atoms with van der Waals surface area (Å²) in [6, 6.07) is 13.2. The predicted octanol–water partition coefficient (Wildman–Crippen LogP) is 3.63. The lowest BCUT2D eigenvalue weighted by Gasteiger charge is -2.01. The summed E-state index contributed by atoms with van der Waals surface area (Å²) in [5.41, 5.74) is 6.65. The molecule has 28 heavy (non-hydrogen) atoms. The molecular formula is C20H17N5O2S. The van der Waals surface area contributed by atoms with Crippen molar-refractivity contribution in [2.24, 2.45) is 5.10 Å². The number of hydrazone groups is 1. The van der Waals surface area contributed by atoms with Crippen molar-refractivity contribution in [2.75, 3.05) is 12.0 Å². The van der Waals surface area contributed by atoms with Crippen molar-refractivity contribution >= 4 is 28.7 Å². The minimum Gasteiger partial charge on any atom is -0.466 e. The lowest BCUT2D eigenvalue weighted by atomic mass is 10.1. The van der Waals surface area contributed by atoms with E-state index in [4.69, 9.17) is 10.00 Å². The normalized spacial score (nSPS) is 10.6. The van der Waals surface area contributed by atoms with Gasteiger partial charge in [0.15, 0.2) is 0 Å². The van der Waals surface area contributed by atoms with E-state index in [1.165, 1.54) is 11.3 Å². The molecule has 0 aliphatic heterocycles. The monoisotopic (exact) mass is 391 g/mol. The molecule has 2 aromatic heterocycles. The van der Waals surface area contributed by atoms with E-state index in [0.717, 1.165) is 16.8 Å². The second-order valence-corrected chi connectivity index (χ2v) is 6.52. The Balaban J connectivity index is 1.58. The summed E-state index contributed by atoms with van der Waals surface area (Å²) in [4.78, 5) is 20.0. The van der Waals surface area contributed by atoms with Crippen LogP contribution in [0.2, 0.25) is 0 Å². The number of esters is 1. The van der Waals surface area contributed by atoms with Gasteiger partial charge in [-0.1, -0.05) is 24.3 Å². The number of anilines is 1. The molecule has 1 N–H and O–H groups in total. The number of benzene rings is 1. The van der Waals surface area contributed by atoms with Crippen LogP contribution in [0.3, 0.4) is 0 Å². The van der Waals surface area contributed by atoms with E-state index in [2.05, 4.69) is 26.6 Å². The minimum atomic E-state index is -0.294. The summed E-state index contributed by atoms with van der Waals surface area (Å²) < 4.78 is 4.90. The number of nitriles is 1. The number of nitrogens with one attached hydrogen (secondary N) is 1. The third-order valence-corrected chi connectivity index (χ3v) is 4.45. The Hall–Kier alpha value is -3.57. The Labute approximate surface area is 166 Å². The first kappa shape index (κ1) is 19.2. The molecule has 0 aliphatic carbocycles. The highest BCUT2D eigenvalue weighted by Gasteiger charge is 2.07. The molecule has 0 radical (unpaired) electrons. The largest absolute Gasteiger partial charge is 0.466 e. The molecule has 1 aromatic carbocycles. The average Bonchev–Trinajstić information content (AvgIpc) is 3.16. The highest BCUT2D eigenvalue weighted by molar-refractivity contribution is 7.13. The van der Waals surface area contributed by atoms with Gasteiger partial charge in [0, 0.05) is 17.1 Å². The Bertz CT molecular complexity index is 1020. The van der Waals surface area contributed by atoms with Gasteiger partial charge in [-0.15, -0.1) is 11.3 Å². The molecule has 140 valence electrons. The topological polar surface area (TPSA) is 100 Å². The van der Waals surface area contributed by atoms with Crippen molar-refractivity contribution in [3.05, 3.63) is 64.8 Å². The van der Waals surface area contributed by atoms with Crippen LogP contribution in [0.25, 0.3) is 11.3 Å². The molecule has 0 unspecified atom stereocenters. The van der Waals surface area contributed by atoms with E-state index in [-0.39, 0.29) is 12.4 Å². The summed E-state index contributed by atoms with van der Waals surface area (Å²) in [5, 5.41) is 15.6. The minimum absolute atomic E-state index is 0.151. The number of nitrogens with zero attached hydrogens (tertiary/aromatic N) is 4. The second-order valence-electron chi connectivity index (χ2n) is 5.66. The maximum Gasteiger partial charge on any atom is 0.311 e. The van der Waals surface area contributed by atoms with Crippen LogP contribution in [0.4, 0.5) is 5.13 Å². The molecule has 7 nitrogen and oxygen atoms in total. The van der Waals surface area contributed by atoms with Crippen LogP contribution >= 0.6 is 11.3 Å². The standard InChI is InChI=1S/C20H17N5O2S/c1-2-27-19(26)10-17-13-28-20(24-17)25-23-12-14-3-5-16(6-4-14)18-9-15(11-21)7-8-22-18/h3-9,12-13H,2,10H2,1H3,(H,24,25). The lowest BCUT2D eigenvalue weighted by Crippen LogP contribution is -2.07. The fraction of sp³-hybridized carbons (Fsp3) is 0.150. The van der Waals surface area contributed by atoms with Gasteiger partial charge in [0.2, 0.25) is 5.13 Å². The van der Waals surface area contributed by atoms with Crippen molar-refractivity contribution in [2.45, 2.75) is 13.3 Å². The predicted molar refractivity (Wildman–Crippen MR) is 108 cm³/mol. The maximum atomic E-state index is 11.5. The number of hydrogen-bond acceptors (Lipinski definition) is 8. The van der Waals surface area contributed by atoms with Gasteiger partial charge in [0.1, 0.15) is 0 Å². The van der Waals surface area contributed by atoms with Gasteiger partial charge >= 0.3 is 5.97 Å². The molecule has 0 bridgehead atoms. The van der Waals surface area contributed by atoms with Crippen molar-refractivity contribution in [1.82, 2.24) is 9.97 Å². The lowest BCUT2D eigenvalue weighted by molar-refractivity contribution is -0.142. The second kappa shape index (κ2) is 9.39. The van der Waals surface area contributed by atoms with Crippen molar-refractivity contribution in [1.29, 1.82) is 5.26 Å². The van der Waals surface area contributed by atoms with Gasteiger partial charge in [0.25, 0.3) is 0 Å². The summed E-state index contributed by atoms with van der Waals surface area (Å²) in [6.45, 7) is 2.13. The summed E-state index contributed by atoms with van der Waals surface area (Å²) >= 11 is 1.37. The number of rotatable bonds is 7. The van der Waals surface area contributed by atoms with E-state index in [9.17, 15) is 4.79 Å². The molecule has 0 amide bonds. The van der Waals surface area contributed by atoms with Crippen LogP contribution in [0.1, 0.15) is 23.7 Å². The van der Waals surface area contributed by atoms with Gasteiger partial charge < -0.3 is 4.74 Å². The number of ether oxygens (including phenoxy) is 1. The molecule has 0 spiro atoms. The van der Waals surface area contributed by atoms with E-state index in [1.807, 2.05) is 24.3 Å². The molecular weight excluding hydrogens is 374 g/mol. The Morgan fingerprint density at radius 2 is 2.18 bits per heavy atom. The zero-order chi connectivity index (χ0) is 19.8. The highest BCUT2D eigenvalue weighted by Crippen LogP contribution is 2.18. The van der Waals surface area contributed by atoms with Crippen LogP contribution in [0.5, 0.6) is 0 Å². The fourth-order valence-corrected chi connectivity index (χ4v) is 3.02. The van der Waals surface area contributed by atoms with E-state index < -0.39 is 0 Å². The van der Waals surface area contributed by atoms with E-state index >= 15 is 0 Å². The number of carbonyl (C=O) groups excluding carboxylic acids is 1. The van der Waals surface area contributed by atoms with Crippen LogP contribution in [-0.2, 0) is 16.0 Å². The van der Waals surface area contributed by atoms with Crippen molar-refractivity contribution in [3.63, 3.8) is 0 Å². The fourth-order valence-electron chi connectivity index (χ4n) is 2.36. The SMILES string of the molecule is CCOC(=O)Cc1csc(NN=Cc2ccc(-c3cc(C#N)ccn3)cc2)n1. The first-order valence-corrected chi connectivity index (χ1v) is 9.41. The molecule has 3 aromatic rings. The van der Waals surface area contributed by atoms with Gasteiger partial charge in [-0.2, -0.15) is 10.4 Å². The highest BCUT2D eigenvalue weighted by atomic mass is 32.1. The molecule has 0 saturated carbocycles.